The summed E-state index contributed by atoms with van der Waals surface area (Å²) in [4.78, 5) is 0. The van der Waals surface area contributed by atoms with E-state index in [4.69, 9.17) is 4.74 Å². The maximum atomic E-state index is 10.3. The van der Waals surface area contributed by atoms with Gasteiger partial charge in [-0.1, -0.05) is 30.3 Å². The molecule has 0 saturated carbocycles. The molecule has 0 amide bonds. The molecule has 102 valence electrons. The largest absolute Gasteiger partial charge is 0.506 e. The molecule has 1 aromatic heterocycles. The Morgan fingerprint density at radius 3 is 2.70 bits per heavy atom. The summed E-state index contributed by atoms with van der Waals surface area (Å²) < 4.78 is 8.11. The van der Waals surface area contributed by atoms with Crippen molar-refractivity contribution < 1.29 is 9.84 Å². The molecule has 1 fully saturated rings. The summed E-state index contributed by atoms with van der Waals surface area (Å²) >= 11 is 0. The summed E-state index contributed by atoms with van der Waals surface area (Å²) in [5.74, 6) is 0.327. The van der Waals surface area contributed by atoms with Crippen LogP contribution in [-0.2, 0) is 4.74 Å². The molecule has 1 aliphatic rings. The number of nitrogens with zero attached hydrogens (tertiary/aromatic N) is 1. The molecular formula is C17H17NO2. The number of hydrogen-bond donors (Lipinski definition) is 1. The fourth-order valence-corrected chi connectivity index (χ4v) is 3.26. The Bertz CT molecular complexity index is 769. The third-order valence-electron chi connectivity index (χ3n) is 4.15. The van der Waals surface area contributed by atoms with Crippen LogP contribution >= 0.6 is 0 Å². The first-order valence-corrected chi connectivity index (χ1v) is 7.18. The molecule has 0 bridgehead atoms. The van der Waals surface area contributed by atoms with E-state index in [9.17, 15) is 5.11 Å². The van der Waals surface area contributed by atoms with Crippen LogP contribution in [0.1, 0.15) is 25.5 Å². The van der Waals surface area contributed by atoms with Gasteiger partial charge in [0, 0.05) is 17.4 Å². The van der Waals surface area contributed by atoms with Crippen LogP contribution < -0.4 is 0 Å². The van der Waals surface area contributed by atoms with Gasteiger partial charge in [0.1, 0.15) is 12.0 Å². The van der Waals surface area contributed by atoms with Crippen LogP contribution in [0, 0.1) is 0 Å². The van der Waals surface area contributed by atoms with E-state index in [2.05, 4.69) is 22.8 Å². The molecule has 1 aliphatic heterocycles. The zero-order valence-corrected chi connectivity index (χ0v) is 11.2. The van der Waals surface area contributed by atoms with Crippen molar-refractivity contribution in [1.82, 2.24) is 4.57 Å². The summed E-state index contributed by atoms with van der Waals surface area (Å²) in [7, 11) is 0. The molecule has 1 atom stereocenters. The van der Waals surface area contributed by atoms with Crippen LogP contribution in [0.3, 0.4) is 0 Å². The summed E-state index contributed by atoms with van der Waals surface area (Å²) in [6.45, 7) is 0.798. The molecule has 1 unspecified atom stereocenters. The predicted octanol–water partition coefficient (Wildman–Crippen LogP) is 4.20. The van der Waals surface area contributed by atoms with E-state index in [1.54, 1.807) is 6.07 Å². The Morgan fingerprint density at radius 1 is 1.00 bits per heavy atom. The highest BCUT2D eigenvalue weighted by molar-refractivity contribution is 6.10. The summed E-state index contributed by atoms with van der Waals surface area (Å²) in [5, 5.41) is 12.6. The van der Waals surface area contributed by atoms with Crippen molar-refractivity contribution >= 4 is 21.8 Å². The van der Waals surface area contributed by atoms with Gasteiger partial charge < -0.3 is 14.4 Å². The van der Waals surface area contributed by atoms with Crippen molar-refractivity contribution in [3.63, 3.8) is 0 Å². The van der Waals surface area contributed by atoms with Crippen molar-refractivity contribution in [3.05, 3.63) is 42.5 Å². The lowest BCUT2D eigenvalue weighted by molar-refractivity contribution is -0.0268. The lowest BCUT2D eigenvalue weighted by Crippen LogP contribution is -2.17. The fraction of sp³-hybridized carbons (Fsp3) is 0.294. The number of para-hydroxylation sites is 2. The van der Waals surface area contributed by atoms with Gasteiger partial charge >= 0.3 is 0 Å². The normalized spacial score (nSPS) is 19.7. The Kier molecular flexibility index (Phi) is 2.67. The van der Waals surface area contributed by atoms with E-state index in [0.29, 0.717) is 5.75 Å². The van der Waals surface area contributed by atoms with Crippen molar-refractivity contribution in [2.24, 2.45) is 0 Å². The third kappa shape index (κ3) is 1.63. The lowest BCUT2D eigenvalue weighted by atomic mass is 10.1. The van der Waals surface area contributed by atoms with Gasteiger partial charge in [-0.15, -0.1) is 0 Å². The molecule has 2 aromatic carbocycles. The number of aromatic nitrogens is 1. The van der Waals surface area contributed by atoms with Crippen molar-refractivity contribution in [2.45, 2.75) is 25.5 Å². The number of phenols is 1. The van der Waals surface area contributed by atoms with Crippen molar-refractivity contribution in [3.8, 4) is 5.75 Å². The second-order valence-electron chi connectivity index (χ2n) is 5.38. The number of hydrogen-bond acceptors (Lipinski definition) is 2. The number of ether oxygens (including phenoxy) is 1. The Labute approximate surface area is 117 Å². The van der Waals surface area contributed by atoms with Gasteiger partial charge in [-0.2, -0.15) is 0 Å². The third-order valence-corrected chi connectivity index (χ3v) is 4.15. The van der Waals surface area contributed by atoms with E-state index in [0.717, 1.165) is 35.9 Å². The molecule has 3 heteroatoms. The van der Waals surface area contributed by atoms with Crippen molar-refractivity contribution in [2.75, 3.05) is 6.61 Å². The first-order valence-electron chi connectivity index (χ1n) is 7.18. The Morgan fingerprint density at radius 2 is 1.85 bits per heavy atom. The van der Waals surface area contributed by atoms with Crippen LogP contribution in [0.4, 0.5) is 0 Å². The summed E-state index contributed by atoms with van der Waals surface area (Å²) in [6.07, 6.45) is 3.33. The van der Waals surface area contributed by atoms with Gasteiger partial charge in [0.25, 0.3) is 0 Å². The minimum atomic E-state index is 0.0273. The van der Waals surface area contributed by atoms with E-state index in [1.807, 2.05) is 18.2 Å². The SMILES string of the molecule is Oc1cccc2c3ccccc3n(C3CCCCO3)c12. The summed E-state index contributed by atoms with van der Waals surface area (Å²) in [5.41, 5.74) is 2.02. The zero-order chi connectivity index (χ0) is 13.5. The van der Waals surface area contributed by atoms with E-state index in [1.165, 1.54) is 11.8 Å². The van der Waals surface area contributed by atoms with Crippen LogP contribution in [-0.4, -0.2) is 16.3 Å². The molecule has 0 radical (unpaired) electrons. The first-order chi connectivity index (χ1) is 9.86. The van der Waals surface area contributed by atoms with Gasteiger partial charge in [-0.3, -0.25) is 0 Å². The number of phenolic OH excluding ortho intramolecular Hbond substituents is 1. The molecule has 3 aromatic rings. The van der Waals surface area contributed by atoms with Crippen LogP contribution in [0.5, 0.6) is 5.75 Å². The maximum absolute atomic E-state index is 10.3. The Hall–Kier alpha value is -2.00. The molecule has 0 aliphatic carbocycles. The van der Waals surface area contributed by atoms with Gasteiger partial charge in [0.15, 0.2) is 0 Å². The molecule has 4 rings (SSSR count). The minimum Gasteiger partial charge on any atom is -0.506 e. The highest BCUT2D eigenvalue weighted by Crippen LogP contribution is 2.38. The first kappa shape index (κ1) is 11.8. The van der Waals surface area contributed by atoms with Crippen LogP contribution in [0.25, 0.3) is 21.8 Å². The van der Waals surface area contributed by atoms with Gasteiger partial charge in [0.2, 0.25) is 0 Å². The number of aromatic hydroxyl groups is 1. The topological polar surface area (TPSA) is 34.4 Å². The van der Waals surface area contributed by atoms with E-state index < -0.39 is 0 Å². The highest BCUT2D eigenvalue weighted by Gasteiger charge is 2.22. The van der Waals surface area contributed by atoms with Crippen LogP contribution in [0.15, 0.2) is 42.5 Å². The molecule has 3 nitrogen and oxygen atoms in total. The average molecular weight is 267 g/mol. The summed E-state index contributed by atoms with van der Waals surface area (Å²) in [6, 6.07) is 14.0. The second kappa shape index (κ2) is 4.53. The highest BCUT2D eigenvalue weighted by atomic mass is 16.5. The van der Waals surface area contributed by atoms with E-state index >= 15 is 0 Å². The zero-order valence-electron chi connectivity index (χ0n) is 11.2. The average Bonchev–Trinajstić information content (AvgIpc) is 2.84. The van der Waals surface area contributed by atoms with Gasteiger partial charge in [-0.05, 0) is 31.4 Å². The lowest BCUT2D eigenvalue weighted by Gasteiger charge is -2.25. The number of rotatable bonds is 1. The quantitative estimate of drug-likeness (QED) is 0.717. The maximum Gasteiger partial charge on any atom is 0.139 e. The molecular weight excluding hydrogens is 250 g/mol. The van der Waals surface area contributed by atoms with Gasteiger partial charge in [0.05, 0.1) is 11.0 Å². The molecule has 0 spiro atoms. The smallest absolute Gasteiger partial charge is 0.139 e. The van der Waals surface area contributed by atoms with Crippen molar-refractivity contribution in [1.29, 1.82) is 0 Å². The molecule has 20 heavy (non-hydrogen) atoms. The molecule has 1 saturated heterocycles. The predicted molar refractivity (Wildman–Crippen MR) is 79.9 cm³/mol. The second-order valence-corrected chi connectivity index (χ2v) is 5.38. The minimum absolute atomic E-state index is 0.0273. The monoisotopic (exact) mass is 267 g/mol. The van der Waals surface area contributed by atoms with Crippen LogP contribution in [0.2, 0.25) is 0 Å². The molecule has 2 heterocycles. The standard InChI is InChI=1S/C17H17NO2/c19-15-9-5-7-13-12-6-1-2-8-14(12)18(17(13)15)16-10-3-4-11-20-16/h1-2,5-9,16,19H,3-4,10-11H2. The van der Waals surface area contributed by atoms with E-state index in [-0.39, 0.29) is 6.23 Å². The Balaban J connectivity index is 2.09. The number of fused-ring (bicyclic) bond motifs is 3. The molecule has 1 N–H and O–H groups in total. The van der Waals surface area contributed by atoms with Gasteiger partial charge in [-0.25, -0.2) is 0 Å². The fourth-order valence-electron chi connectivity index (χ4n) is 3.26. The number of benzene rings is 2.